The molecule has 1 aliphatic rings. The molecule has 23 heavy (non-hydrogen) atoms. The van der Waals surface area contributed by atoms with Crippen LogP contribution in [0.1, 0.15) is 49.8 Å². The van der Waals surface area contributed by atoms with Gasteiger partial charge in [-0.15, -0.1) is 0 Å². The predicted octanol–water partition coefficient (Wildman–Crippen LogP) is 2.82. The lowest BCUT2D eigenvalue weighted by molar-refractivity contribution is 0.184. The third-order valence-electron chi connectivity index (χ3n) is 4.72. The molecule has 0 amide bonds. The van der Waals surface area contributed by atoms with Crippen molar-refractivity contribution in [1.82, 2.24) is 25.1 Å². The van der Waals surface area contributed by atoms with Gasteiger partial charge in [-0.2, -0.15) is 5.10 Å². The van der Waals surface area contributed by atoms with Crippen molar-refractivity contribution in [2.45, 2.75) is 45.4 Å². The van der Waals surface area contributed by atoms with Crippen LogP contribution in [0.5, 0.6) is 0 Å². The number of aromatic amines is 1. The average Bonchev–Trinajstić information content (AvgIpc) is 3.04. The Morgan fingerprint density at radius 3 is 2.61 bits per heavy atom. The highest BCUT2D eigenvalue weighted by Crippen LogP contribution is 2.21. The van der Waals surface area contributed by atoms with Gasteiger partial charge in [0.1, 0.15) is 5.82 Å². The maximum Gasteiger partial charge on any atom is 0.153 e. The number of nitrogens with zero attached hydrogens (tertiary/aromatic N) is 4. The summed E-state index contributed by atoms with van der Waals surface area (Å²) in [6.45, 7) is 7.81. The molecule has 0 unspecified atom stereocenters. The molecule has 0 atom stereocenters. The van der Waals surface area contributed by atoms with Gasteiger partial charge in [-0.05, 0) is 56.0 Å². The molecule has 2 aromatic rings. The second kappa shape index (κ2) is 7.68. The highest BCUT2D eigenvalue weighted by molar-refractivity contribution is 5.10. The lowest BCUT2D eigenvalue weighted by atomic mass is 9.93. The fourth-order valence-corrected chi connectivity index (χ4v) is 3.18. The zero-order valence-electron chi connectivity index (χ0n) is 14.2. The third-order valence-corrected chi connectivity index (χ3v) is 4.72. The summed E-state index contributed by atoms with van der Waals surface area (Å²) in [7, 11) is 0. The minimum atomic E-state index is 0.398. The Kier molecular flexibility index (Phi) is 5.39. The molecule has 0 radical (unpaired) electrons. The van der Waals surface area contributed by atoms with E-state index in [9.17, 15) is 0 Å². The van der Waals surface area contributed by atoms with Crippen LogP contribution >= 0.6 is 0 Å². The number of H-pyrrole nitrogens is 1. The highest BCUT2D eigenvalue weighted by atomic mass is 15.2. The van der Waals surface area contributed by atoms with Crippen molar-refractivity contribution >= 4 is 0 Å². The molecule has 3 heterocycles. The van der Waals surface area contributed by atoms with Gasteiger partial charge in [0.25, 0.3) is 0 Å². The number of aromatic nitrogens is 4. The summed E-state index contributed by atoms with van der Waals surface area (Å²) >= 11 is 0. The first-order valence-electron chi connectivity index (χ1n) is 8.73. The fourth-order valence-electron chi connectivity index (χ4n) is 3.18. The summed E-state index contributed by atoms with van der Waals surface area (Å²) in [5.74, 6) is 3.13. The molecule has 2 aromatic heterocycles. The van der Waals surface area contributed by atoms with Gasteiger partial charge in [0.05, 0.1) is 0 Å². The van der Waals surface area contributed by atoms with Crippen molar-refractivity contribution in [3.63, 3.8) is 0 Å². The highest BCUT2D eigenvalue weighted by Gasteiger charge is 2.20. The van der Waals surface area contributed by atoms with Crippen molar-refractivity contribution in [3.05, 3.63) is 41.7 Å². The molecule has 1 N–H and O–H groups in total. The molecule has 5 heteroatoms. The second-order valence-corrected chi connectivity index (χ2v) is 6.89. The Morgan fingerprint density at radius 1 is 1.22 bits per heavy atom. The van der Waals surface area contributed by atoms with Gasteiger partial charge in [0.2, 0.25) is 0 Å². The van der Waals surface area contributed by atoms with Crippen LogP contribution in [-0.4, -0.2) is 44.7 Å². The van der Waals surface area contributed by atoms with E-state index in [4.69, 9.17) is 0 Å². The maximum absolute atomic E-state index is 4.61. The standard InChI is InChI=1S/C18H27N5/c1-14(2)18-20-17(21-22-18)13-16-6-11-23(12-7-16)10-5-15-3-8-19-9-4-15/h3-4,8-9,14,16H,5-7,10-13H2,1-2H3,(H,20,21,22). The second-order valence-electron chi connectivity index (χ2n) is 6.89. The molecule has 124 valence electrons. The SMILES string of the molecule is CC(C)c1n[nH]c(CC2CCN(CCc3ccncc3)CC2)n1. The molecule has 0 spiro atoms. The summed E-state index contributed by atoms with van der Waals surface area (Å²) in [6.07, 6.45) is 8.43. The van der Waals surface area contributed by atoms with E-state index in [-0.39, 0.29) is 0 Å². The number of piperidine rings is 1. The zero-order valence-corrected chi connectivity index (χ0v) is 14.2. The number of likely N-dealkylation sites (tertiary alicyclic amines) is 1. The molecule has 0 aromatic carbocycles. The minimum absolute atomic E-state index is 0.398. The normalized spacial score (nSPS) is 17.0. The average molecular weight is 313 g/mol. The quantitative estimate of drug-likeness (QED) is 0.891. The van der Waals surface area contributed by atoms with E-state index in [1.165, 1.54) is 31.5 Å². The molecule has 3 rings (SSSR count). The molecule has 0 aliphatic carbocycles. The predicted molar refractivity (Wildman–Crippen MR) is 91.3 cm³/mol. The van der Waals surface area contributed by atoms with Crippen LogP contribution in [0.25, 0.3) is 0 Å². The van der Waals surface area contributed by atoms with Gasteiger partial charge >= 0.3 is 0 Å². The van der Waals surface area contributed by atoms with Crippen LogP contribution in [-0.2, 0) is 12.8 Å². The van der Waals surface area contributed by atoms with E-state index < -0.39 is 0 Å². The number of hydrogen-bond acceptors (Lipinski definition) is 4. The number of pyridine rings is 1. The van der Waals surface area contributed by atoms with Crippen LogP contribution in [0.2, 0.25) is 0 Å². The smallest absolute Gasteiger partial charge is 0.153 e. The minimum Gasteiger partial charge on any atom is -0.303 e. The number of nitrogens with one attached hydrogen (secondary N) is 1. The van der Waals surface area contributed by atoms with E-state index in [1.54, 1.807) is 0 Å². The van der Waals surface area contributed by atoms with Crippen molar-refractivity contribution in [2.24, 2.45) is 5.92 Å². The Morgan fingerprint density at radius 2 is 1.96 bits per heavy atom. The Balaban J connectivity index is 1.41. The lowest BCUT2D eigenvalue weighted by Gasteiger charge is -2.31. The summed E-state index contributed by atoms with van der Waals surface area (Å²) in [6, 6.07) is 4.23. The first kappa shape index (κ1) is 16.1. The van der Waals surface area contributed by atoms with E-state index in [2.05, 4.69) is 51.0 Å². The fraction of sp³-hybridized carbons (Fsp3) is 0.611. The topological polar surface area (TPSA) is 57.7 Å². The van der Waals surface area contributed by atoms with Gasteiger partial charge in [-0.3, -0.25) is 10.1 Å². The molecule has 0 saturated carbocycles. The number of rotatable bonds is 6. The van der Waals surface area contributed by atoms with Crippen LogP contribution in [0.15, 0.2) is 24.5 Å². The summed E-state index contributed by atoms with van der Waals surface area (Å²) in [5.41, 5.74) is 1.38. The molecular formula is C18H27N5. The van der Waals surface area contributed by atoms with Gasteiger partial charge in [-0.25, -0.2) is 4.98 Å². The van der Waals surface area contributed by atoms with Crippen molar-refractivity contribution in [3.8, 4) is 0 Å². The lowest BCUT2D eigenvalue weighted by Crippen LogP contribution is -2.35. The van der Waals surface area contributed by atoms with Gasteiger partial charge in [0, 0.05) is 31.3 Å². The summed E-state index contributed by atoms with van der Waals surface area (Å²) in [4.78, 5) is 11.3. The monoisotopic (exact) mass is 313 g/mol. The van der Waals surface area contributed by atoms with Crippen LogP contribution in [0, 0.1) is 5.92 Å². The van der Waals surface area contributed by atoms with Crippen molar-refractivity contribution in [2.75, 3.05) is 19.6 Å². The summed E-state index contributed by atoms with van der Waals surface area (Å²) in [5, 5.41) is 7.42. The Hall–Kier alpha value is -1.75. The molecule has 1 fully saturated rings. The van der Waals surface area contributed by atoms with E-state index in [0.717, 1.165) is 37.0 Å². The molecule has 5 nitrogen and oxygen atoms in total. The molecule has 0 bridgehead atoms. The molecule has 1 saturated heterocycles. The van der Waals surface area contributed by atoms with Crippen LogP contribution in [0.4, 0.5) is 0 Å². The number of hydrogen-bond donors (Lipinski definition) is 1. The largest absolute Gasteiger partial charge is 0.303 e. The Labute approximate surface area is 138 Å². The van der Waals surface area contributed by atoms with Crippen molar-refractivity contribution < 1.29 is 0 Å². The van der Waals surface area contributed by atoms with Crippen molar-refractivity contribution in [1.29, 1.82) is 0 Å². The van der Waals surface area contributed by atoms with Crippen LogP contribution in [0.3, 0.4) is 0 Å². The zero-order chi connectivity index (χ0) is 16.1. The maximum atomic E-state index is 4.61. The van der Waals surface area contributed by atoms with Gasteiger partial charge in [0.15, 0.2) is 5.82 Å². The summed E-state index contributed by atoms with van der Waals surface area (Å²) < 4.78 is 0. The van der Waals surface area contributed by atoms with E-state index in [0.29, 0.717) is 5.92 Å². The van der Waals surface area contributed by atoms with Gasteiger partial charge < -0.3 is 4.90 Å². The third kappa shape index (κ3) is 4.61. The van der Waals surface area contributed by atoms with E-state index >= 15 is 0 Å². The van der Waals surface area contributed by atoms with E-state index in [1.807, 2.05) is 12.4 Å². The molecular weight excluding hydrogens is 286 g/mol. The Bertz CT molecular complexity index is 584. The first-order valence-corrected chi connectivity index (χ1v) is 8.73. The first-order chi connectivity index (χ1) is 11.2. The molecule has 1 aliphatic heterocycles. The van der Waals surface area contributed by atoms with Crippen LogP contribution < -0.4 is 0 Å². The van der Waals surface area contributed by atoms with Gasteiger partial charge in [-0.1, -0.05) is 13.8 Å².